The molecule has 6 heteroatoms. The first-order valence-corrected chi connectivity index (χ1v) is 10.8. The predicted molar refractivity (Wildman–Crippen MR) is 121 cm³/mol. The molecule has 2 N–H and O–H groups in total. The first-order valence-electron chi connectivity index (χ1n) is 10.0. The molecule has 1 aliphatic carbocycles. The fourth-order valence-electron chi connectivity index (χ4n) is 4.64. The molecule has 1 atom stereocenters. The van der Waals surface area contributed by atoms with Gasteiger partial charge in [-0.15, -0.1) is 0 Å². The number of allylic oxidation sites excluding steroid dienone is 2. The van der Waals surface area contributed by atoms with Crippen molar-refractivity contribution in [3.8, 4) is 5.69 Å². The average molecular weight is 464 g/mol. The highest BCUT2D eigenvalue weighted by atomic mass is 79.9. The second kappa shape index (κ2) is 6.84. The molecule has 2 aliphatic rings. The second-order valence-electron chi connectivity index (χ2n) is 8.82. The van der Waals surface area contributed by atoms with Crippen LogP contribution in [0.5, 0.6) is 0 Å². The van der Waals surface area contributed by atoms with Crippen molar-refractivity contribution in [2.75, 3.05) is 5.32 Å². The maximum absolute atomic E-state index is 13.5. The van der Waals surface area contributed by atoms with Gasteiger partial charge in [0, 0.05) is 28.1 Å². The van der Waals surface area contributed by atoms with Gasteiger partial charge < -0.3 is 5.32 Å². The first kappa shape index (κ1) is 19.1. The van der Waals surface area contributed by atoms with E-state index in [9.17, 15) is 9.59 Å². The maximum atomic E-state index is 13.5. The summed E-state index contributed by atoms with van der Waals surface area (Å²) in [4.78, 5) is 26.8. The summed E-state index contributed by atoms with van der Waals surface area (Å²) in [7, 11) is 0. The van der Waals surface area contributed by atoms with Crippen molar-refractivity contribution in [3.63, 3.8) is 0 Å². The van der Waals surface area contributed by atoms with Gasteiger partial charge in [-0.1, -0.05) is 60.1 Å². The summed E-state index contributed by atoms with van der Waals surface area (Å²) >= 11 is 3.48. The maximum Gasteiger partial charge on any atom is 0.277 e. The van der Waals surface area contributed by atoms with Crippen molar-refractivity contribution in [2.45, 2.75) is 32.6 Å². The number of nitrogens with zero attached hydrogens (tertiary/aromatic N) is 1. The standard InChI is InChI=1S/C24H22BrN3O2/c1-24(2)12-17-20(18(29)13-24)19(14-8-10-15(25)11-9-14)21-22(26-17)27-28(23(21)30)16-6-4-3-5-7-16/h3-11,19,26-27H,12-13H2,1-2H3/t19-/m0/s1. The molecular weight excluding hydrogens is 442 g/mol. The highest BCUT2D eigenvalue weighted by Gasteiger charge is 2.42. The number of aromatic amines is 1. The van der Waals surface area contributed by atoms with Gasteiger partial charge in [-0.05, 0) is 41.7 Å². The van der Waals surface area contributed by atoms with E-state index in [1.807, 2.05) is 54.6 Å². The van der Waals surface area contributed by atoms with Crippen LogP contribution in [0.3, 0.4) is 0 Å². The third-order valence-corrected chi connectivity index (χ3v) is 6.45. The SMILES string of the molecule is CC1(C)CC(=O)C2=C(C1)Nc1[nH]n(-c3ccccc3)c(=O)c1[C@H]2c1ccc(Br)cc1. The zero-order chi connectivity index (χ0) is 21.0. The molecule has 0 fully saturated rings. The molecule has 3 aromatic rings. The minimum Gasteiger partial charge on any atom is -0.343 e. The van der Waals surface area contributed by atoms with Crippen LogP contribution in [0.1, 0.15) is 43.7 Å². The van der Waals surface area contributed by atoms with Gasteiger partial charge in [0.1, 0.15) is 5.82 Å². The van der Waals surface area contributed by atoms with E-state index >= 15 is 0 Å². The van der Waals surface area contributed by atoms with Crippen molar-refractivity contribution in [3.05, 3.63) is 91.8 Å². The van der Waals surface area contributed by atoms with E-state index in [4.69, 9.17) is 0 Å². The number of H-pyrrole nitrogens is 1. The monoisotopic (exact) mass is 463 g/mol. The Kier molecular flexibility index (Phi) is 4.36. The molecule has 30 heavy (non-hydrogen) atoms. The molecule has 152 valence electrons. The smallest absolute Gasteiger partial charge is 0.277 e. The van der Waals surface area contributed by atoms with Gasteiger partial charge in [0.25, 0.3) is 5.56 Å². The number of carbonyl (C=O) groups is 1. The lowest BCUT2D eigenvalue weighted by atomic mass is 9.69. The Morgan fingerprint density at radius 3 is 2.40 bits per heavy atom. The van der Waals surface area contributed by atoms with Crippen LogP contribution >= 0.6 is 15.9 Å². The van der Waals surface area contributed by atoms with E-state index in [1.54, 1.807) is 4.68 Å². The largest absolute Gasteiger partial charge is 0.343 e. The lowest BCUT2D eigenvalue weighted by Crippen LogP contribution is -2.35. The molecule has 0 radical (unpaired) electrons. The topological polar surface area (TPSA) is 66.9 Å². The molecule has 5 rings (SSSR count). The number of ketones is 1. The number of hydrogen-bond acceptors (Lipinski definition) is 3. The normalized spacial score (nSPS) is 19.8. The number of fused-ring (bicyclic) bond motifs is 1. The number of nitrogens with one attached hydrogen (secondary N) is 2. The molecule has 0 unspecified atom stereocenters. The predicted octanol–water partition coefficient (Wildman–Crippen LogP) is 5.13. The Morgan fingerprint density at radius 2 is 1.70 bits per heavy atom. The molecule has 1 aliphatic heterocycles. The van der Waals surface area contributed by atoms with Gasteiger partial charge in [0.15, 0.2) is 5.78 Å². The van der Waals surface area contributed by atoms with Gasteiger partial charge >= 0.3 is 0 Å². The third-order valence-electron chi connectivity index (χ3n) is 5.92. The van der Waals surface area contributed by atoms with Crippen molar-refractivity contribution >= 4 is 27.5 Å². The molecule has 2 aromatic carbocycles. The van der Waals surface area contributed by atoms with E-state index in [2.05, 4.69) is 40.2 Å². The molecule has 1 aromatic heterocycles. The van der Waals surface area contributed by atoms with E-state index in [0.717, 1.165) is 33.4 Å². The second-order valence-corrected chi connectivity index (χ2v) is 9.74. The number of para-hydroxylation sites is 1. The Labute approximate surface area is 182 Å². The van der Waals surface area contributed by atoms with Crippen molar-refractivity contribution in [2.24, 2.45) is 5.41 Å². The summed E-state index contributed by atoms with van der Waals surface area (Å²) < 4.78 is 2.51. The molecule has 5 nitrogen and oxygen atoms in total. The number of rotatable bonds is 2. The van der Waals surface area contributed by atoms with Gasteiger partial charge in [0.05, 0.1) is 11.3 Å². The minimum absolute atomic E-state index is 0.110. The van der Waals surface area contributed by atoms with E-state index in [1.165, 1.54) is 0 Å². The molecule has 0 saturated carbocycles. The van der Waals surface area contributed by atoms with Gasteiger partial charge in [-0.2, -0.15) is 0 Å². The van der Waals surface area contributed by atoms with E-state index < -0.39 is 0 Å². The summed E-state index contributed by atoms with van der Waals surface area (Å²) in [5, 5.41) is 6.64. The number of Topliss-reactive ketones (excluding diaryl/α,β-unsaturated/α-hetero) is 1. The van der Waals surface area contributed by atoms with Crippen molar-refractivity contribution < 1.29 is 4.79 Å². The van der Waals surface area contributed by atoms with Crippen LogP contribution in [0, 0.1) is 5.41 Å². The number of hydrogen-bond donors (Lipinski definition) is 2. The van der Waals surface area contributed by atoms with Crippen LogP contribution in [0.25, 0.3) is 5.69 Å². The molecule has 0 amide bonds. The summed E-state index contributed by atoms with van der Waals surface area (Å²) in [6.45, 7) is 4.22. The summed E-state index contributed by atoms with van der Waals surface area (Å²) in [5.74, 6) is 0.391. The Hall–Kier alpha value is -2.86. The molecule has 0 spiro atoms. The van der Waals surface area contributed by atoms with Crippen LogP contribution in [-0.2, 0) is 4.79 Å². The number of aromatic nitrogens is 2. The molecule has 0 bridgehead atoms. The molecule has 2 heterocycles. The Balaban J connectivity index is 1.74. The van der Waals surface area contributed by atoms with E-state index in [-0.39, 0.29) is 22.7 Å². The minimum atomic E-state index is -0.387. The highest BCUT2D eigenvalue weighted by Crippen LogP contribution is 2.47. The highest BCUT2D eigenvalue weighted by molar-refractivity contribution is 9.10. The Bertz CT molecular complexity index is 1230. The van der Waals surface area contributed by atoms with Crippen LogP contribution in [0.15, 0.2) is 75.1 Å². The quantitative estimate of drug-likeness (QED) is 0.553. The lowest BCUT2D eigenvalue weighted by molar-refractivity contribution is -0.118. The zero-order valence-electron chi connectivity index (χ0n) is 16.8. The summed E-state index contributed by atoms with van der Waals surface area (Å²) in [6.07, 6.45) is 1.24. The van der Waals surface area contributed by atoms with Gasteiger partial charge in [0.2, 0.25) is 0 Å². The fourth-order valence-corrected chi connectivity index (χ4v) is 4.90. The van der Waals surface area contributed by atoms with Crippen LogP contribution in [-0.4, -0.2) is 15.6 Å². The number of carbonyl (C=O) groups excluding carboxylic acids is 1. The van der Waals surface area contributed by atoms with Gasteiger partial charge in [-0.3, -0.25) is 14.7 Å². The van der Waals surface area contributed by atoms with E-state index in [0.29, 0.717) is 17.8 Å². The summed E-state index contributed by atoms with van der Waals surface area (Å²) in [5.41, 5.74) is 3.68. The average Bonchev–Trinajstić information content (AvgIpc) is 3.03. The summed E-state index contributed by atoms with van der Waals surface area (Å²) in [6, 6.07) is 17.4. The van der Waals surface area contributed by atoms with Gasteiger partial charge in [-0.25, -0.2) is 4.68 Å². The number of halogens is 1. The number of benzene rings is 2. The molecular formula is C24H22BrN3O2. The van der Waals surface area contributed by atoms with Crippen LogP contribution in [0.4, 0.5) is 5.82 Å². The Morgan fingerprint density at radius 1 is 1.00 bits per heavy atom. The lowest BCUT2D eigenvalue weighted by Gasteiger charge is -2.37. The third kappa shape index (κ3) is 3.06. The number of anilines is 1. The molecule has 0 saturated heterocycles. The zero-order valence-corrected chi connectivity index (χ0v) is 18.4. The van der Waals surface area contributed by atoms with Crippen molar-refractivity contribution in [1.82, 2.24) is 9.78 Å². The first-order chi connectivity index (χ1) is 14.3. The van der Waals surface area contributed by atoms with Crippen LogP contribution < -0.4 is 10.9 Å². The van der Waals surface area contributed by atoms with Crippen LogP contribution in [0.2, 0.25) is 0 Å². The fraction of sp³-hybridized carbons (Fsp3) is 0.250. The van der Waals surface area contributed by atoms with Crippen molar-refractivity contribution in [1.29, 1.82) is 0 Å².